The monoisotopic (exact) mass is 268 g/mol. The van der Waals surface area contributed by atoms with Gasteiger partial charge in [-0.2, -0.15) is 0 Å². The van der Waals surface area contributed by atoms with E-state index in [1.54, 1.807) is 0 Å². The molecule has 1 aromatic carbocycles. The zero-order valence-corrected chi connectivity index (χ0v) is 9.40. The molecule has 0 radical (unpaired) electrons. The van der Waals surface area contributed by atoms with Gasteiger partial charge in [-0.1, -0.05) is 33.2 Å². The van der Waals surface area contributed by atoms with Gasteiger partial charge in [0.1, 0.15) is 0 Å². The third kappa shape index (κ3) is 2.18. The molecule has 2 rings (SSSR count). The average molecular weight is 269 g/mol. The van der Waals surface area contributed by atoms with Crippen molar-refractivity contribution in [3.05, 3.63) is 34.3 Å². The lowest BCUT2D eigenvalue weighted by Gasteiger charge is -2.01. The van der Waals surface area contributed by atoms with Gasteiger partial charge < -0.3 is 10.6 Å². The van der Waals surface area contributed by atoms with Gasteiger partial charge in [-0.05, 0) is 12.1 Å². The maximum Gasteiger partial charge on any atom is 0.261 e. The third-order valence-corrected chi connectivity index (χ3v) is 2.64. The number of halogens is 1. The Morgan fingerprint density at radius 2 is 2.40 bits per heavy atom. The number of rotatable bonds is 2. The van der Waals surface area contributed by atoms with Crippen molar-refractivity contribution in [1.82, 2.24) is 0 Å². The van der Waals surface area contributed by atoms with Crippen molar-refractivity contribution >= 4 is 27.5 Å². The molecule has 2 N–H and O–H groups in total. The molecule has 1 unspecified atom stereocenters. The first-order valence-corrected chi connectivity index (χ1v) is 5.24. The molecule has 1 amide bonds. The summed E-state index contributed by atoms with van der Waals surface area (Å²) < 4.78 is 0.963. The van der Waals surface area contributed by atoms with Gasteiger partial charge in [0.2, 0.25) is 6.10 Å². The van der Waals surface area contributed by atoms with Crippen LogP contribution in [0.3, 0.4) is 0 Å². The molecule has 0 aromatic heterocycles. The molecule has 5 heteroatoms. The summed E-state index contributed by atoms with van der Waals surface area (Å²) in [4.78, 5) is 15.8. The van der Waals surface area contributed by atoms with E-state index in [0.717, 1.165) is 15.7 Å². The van der Waals surface area contributed by atoms with E-state index >= 15 is 0 Å². The second-order valence-corrected chi connectivity index (χ2v) is 4.16. The lowest BCUT2D eigenvalue weighted by atomic mass is 10.1. The lowest BCUT2D eigenvalue weighted by molar-refractivity contribution is -0.127. The number of primary amides is 1. The molecule has 0 aliphatic carbocycles. The fraction of sp³-hybridized carbons (Fsp3) is 0.200. The molecule has 1 heterocycles. The molecule has 0 saturated carbocycles. The number of oxime groups is 1. The molecule has 15 heavy (non-hydrogen) atoms. The number of nitrogens with zero attached hydrogens (tertiary/aromatic N) is 1. The van der Waals surface area contributed by atoms with Gasteiger partial charge in [-0.15, -0.1) is 0 Å². The van der Waals surface area contributed by atoms with Gasteiger partial charge in [0, 0.05) is 16.5 Å². The van der Waals surface area contributed by atoms with Crippen LogP contribution in [0, 0.1) is 0 Å². The van der Waals surface area contributed by atoms with E-state index in [1.165, 1.54) is 0 Å². The molecule has 4 nitrogen and oxygen atoms in total. The standard InChI is InChI=1S/C10H9BrN2O2/c11-7-3-1-2-6(4-7)8-5-9(10(12)14)15-13-8/h1-4,9H,5H2,(H2,12,14). The Kier molecular flexibility index (Phi) is 2.73. The molecule has 0 spiro atoms. The first kappa shape index (κ1) is 10.2. The maximum atomic E-state index is 10.9. The highest BCUT2D eigenvalue weighted by Crippen LogP contribution is 2.19. The summed E-state index contributed by atoms with van der Waals surface area (Å²) in [5, 5.41) is 3.84. The van der Waals surface area contributed by atoms with Gasteiger partial charge in [0.05, 0.1) is 5.71 Å². The Balaban J connectivity index is 2.17. The zero-order chi connectivity index (χ0) is 10.8. The van der Waals surface area contributed by atoms with E-state index in [9.17, 15) is 4.79 Å². The van der Waals surface area contributed by atoms with Crippen molar-refractivity contribution in [1.29, 1.82) is 0 Å². The first-order chi connectivity index (χ1) is 7.16. The SMILES string of the molecule is NC(=O)C1CC(c2cccc(Br)c2)=NO1. The second-order valence-electron chi connectivity index (χ2n) is 3.25. The fourth-order valence-corrected chi connectivity index (χ4v) is 1.77. The van der Waals surface area contributed by atoms with Crippen LogP contribution >= 0.6 is 15.9 Å². The smallest absolute Gasteiger partial charge is 0.261 e. The number of benzene rings is 1. The molecule has 0 bridgehead atoms. The number of hydrogen-bond donors (Lipinski definition) is 1. The normalized spacial score (nSPS) is 19.5. The minimum atomic E-state index is -0.626. The van der Waals surface area contributed by atoms with Crippen LogP contribution in [0.4, 0.5) is 0 Å². The van der Waals surface area contributed by atoms with Crippen molar-refractivity contribution in [2.45, 2.75) is 12.5 Å². The number of carbonyl (C=O) groups is 1. The Morgan fingerprint density at radius 1 is 1.60 bits per heavy atom. The maximum absolute atomic E-state index is 10.9. The average Bonchev–Trinajstić information content (AvgIpc) is 2.66. The molecule has 0 saturated heterocycles. The largest absolute Gasteiger partial charge is 0.382 e. The van der Waals surface area contributed by atoms with E-state index in [2.05, 4.69) is 21.1 Å². The first-order valence-electron chi connectivity index (χ1n) is 4.45. The van der Waals surface area contributed by atoms with Crippen LogP contribution in [0.15, 0.2) is 33.9 Å². The van der Waals surface area contributed by atoms with Crippen LogP contribution in [0.1, 0.15) is 12.0 Å². The molecular weight excluding hydrogens is 260 g/mol. The number of hydrogen-bond acceptors (Lipinski definition) is 3. The minimum absolute atomic E-state index is 0.436. The van der Waals surface area contributed by atoms with Crippen molar-refractivity contribution in [3.8, 4) is 0 Å². The van der Waals surface area contributed by atoms with Crippen LogP contribution < -0.4 is 5.73 Å². The van der Waals surface area contributed by atoms with Crippen molar-refractivity contribution in [3.63, 3.8) is 0 Å². The minimum Gasteiger partial charge on any atom is -0.382 e. The quantitative estimate of drug-likeness (QED) is 0.882. The van der Waals surface area contributed by atoms with Crippen LogP contribution in [-0.2, 0) is 9.63 Å². The highest BCUT2D eigenvalue weighted by Gasteiger charge is 2.26. The van der Waals surface area contributed by atoms with Crippen LogP contribution in [0.2, 0.25) is 0 Å². The summed E-state index contributed by atoms with van der Waals surface area (Å²) in [7, 11) is 0. The van der Waals surface area contributed by atoms with Gasteiger partial charge in [0.25, 0.3) is 5.91 Å². The van der Waals surface area contributed by atoms with Gasteiger partial charge in [-0.25, -0.2) is 0 Å². The summed E-state index contributed by atoms with van der Waals surface area (Å²) in [6.45, 7) is 0. The number of nitrogens with two attached hydrogens (primary N) is 1. The van der Waals surface area contributed by atoms with E-state index in [1.807, 2.05) is 24.3 Å². The number of carbonyl (C=O) groups excluding carboxylic acids is 1. The van der Waals surface area contributed by atoms with Crippen molar-refractivity contribution in [2.75, 3.05) is 0 Å². The topological polar surface area (TPSA) is 64.7 Å². The molecule has 78 valence electrons. The van der Waals surface area contributed by atoms with Crippen LogP contribution in [0.5, 0.6) is 0 Å². The summed E-state index contributed by atoms with van der Waals surface area (Å²) in [6, 6.07) is 7.66. The zero-order valence-electron chi connectivity index (χ0n) is 7.81. The molecule has 0 fully saturated rings. The Hall–Kier alpha value is -1.36. The van der Waals surface area contributed by atoms with Crippen molar-refractivity contribution < 1.29 is 9.63 Å². The van der Waals surface area contributed by atoms with E-state index in [4.69, 9.17) is 10.6 Å². The van der Waals surface area contributed by atoms with Gasteiger partial charge in [0.15, 0.2) is 0 Å². The highest BCUT2D eigenvalue weighted by atomic mass is 79.9. The molecule has 1 atom stereocenters. The van der Waals surface area contributed by atoms with E-state index < -0.39 is 12.0 Å². The second kappa shape index (κ2) is 4.02. The van der Waals surface area contributed by atoms with Gasteiger partial charge >= 0.3 is 0 Å². The predicted octanol–water partition coefficient (Wildman–Crippen LogP) is 1.43. The summed E-state index contributed by atoms with van der Waals surface area (Å²) in [5.41, 5.74) is 6.81. The Morgan fingerprint density at radius 3 is 3.00 bits per heavy atom. The molecule has 1 aliphatic rings. The summed E-state index contributed by atoms with van der Waals surface area (Å²) >= 11 is 3.37. The fourth-order valence-electron chi connectivity index (χ4n) is 1.37. The number of amides is 1. The summed E-state index contributed by atoms with van der Waals surface area (Å²) in [5.74, 6) is -0.483. The van der Waals surface area contributed by atoms with Crippen LogP contribution in [0.25, 0.3) is 0 Å². The third-order valence-electron chi connectivity index (χ3n) is 2.14. The van der Waals surface area contributed by atoms with E-state index in [0.29, 0.717) is 6.42 Å². The Labute approximate surface area is 95.2 Å². The highest BCUT2D eigenvalue weighted by molar-refractivity contribution is 9.10. The van der Waals surface area contributed by atoms with E-state index in [-0.39, 0.29) is 0 Å². The van der Waals surface area contributed by atoms with Crippen molar-refractivity contribution in [2.24, 2.45) is 10.9 Å². The Bertz CT molecular complexity index is 431. The predicted molar refractivity (Wildman–Crippen MR) is 59.4 cm³/mol. The molecule has 1 aliphatic heterocycles. The lowest BCUT2D eigenvalue weighted by Crippen LogP contribution is -2.28. The molecule has 1 aromatic rings. The van der Waals surface area contributed by atoms with Crippen LogP contribution in [-0.4, -0.2) is 17.7 Å². The molecular formula is C10H9BrN2O2. The van der Waals surface area contributed by atoms with Gasteiger partial charge in [-0.3, -0.25) is 4.79 Å². The summed E-state index contributed by atoms with van der Waals surface area (Å²) in [6.07, 6.45) is -0.190.